The third-order valence-corrected chi connectivity index (χ3v) is 5.05. The summed E-state index contributed by atoms with van der Waals surface area (Å²) < 4.78 is 42.1. The van der Waals surface area contributed by atoms with Crippen LogP contribution in [0.5, 0.6) is 0 Å². The van der Waals surface area contributed by atoms with Crippen LogP contribution in [-0.2, 0) is 12.7 Å². The number of aromatic nitrogens is 6. The summed E-state index contributed by atoms with van der Waals surface area (Å²) in [5, 5.41) is 8.24. The quantitative estimate of drug-likeness (QED) is 0.347. The lowest BCUT2D eigenvalue weighted by molar-refractivity contribution is -0.137. The molecular formula is C18H16BrF3N6O. The lowest BCUT2D eigenvalue weighted by atomic mass is 10.1. The number of hydrogen-bond donors (Lipinski definition) is 1. The van der Waals surface area contributed by atoms with E-state index in [1.165, 1.54) is 16.5 Å². The van der Waals surface area contributed by atoms with Crippen molar-refractivity contribution in [2.45, 2.75) is 38.9 Å². The van der Waals surface area contributed by atoms with Gasteiger partial charge >= 0.3 is 6.18 Å². The van der Waals surface area contributed by atoms with Crippen LogP contribution >= 0.6 is 15.9 Å². The van der Waals surface area contributed by atoms with E-state index in [-0.39, 0.29) is 11.3 Å². The summed E-state index contributed by atoms with van der Waals surface area (Å²) in [6, 6.07) is 4.49. The molecule has 0 fully saturated rings. The first-order valence-electron chi connectivity index (χ1n) is 9.02. The number of fused-ring (bicyclic) bond motifs is 2. The number of rotatable bonds is 5. The first kappa shape index (κ1) is 19.6. The molecule has 0 amide bonds. The molecule has 1 aromatic carbocycles. The van der Waals surface area contributed by atoms with Gasteiger partial charge in [0, 0.05) is 12.1 Å². The molecule has 3 aromatic heterocycles. The molecule has 4 aromatic rings. The minimum Gasteiger partial charge on any atom is -0.327 e. The molecular weight excluding hydrogens is 453 g/mol. The third kappa shape index (κ3) is 3.43. The lowest BCUT2D eigenvalue weighted by Gasteiger charge is -2.10. The van der Waals surface area contributed by atoms with Gasteiger partial charge < -0.3 is 4.98 Å². The monoisotopic (exact) mass is 468 g/mol. The molecule has 0 bridgehead atoms. The Balaban J connectivity index is 1.92. The van der Waals surface area contributed by atoms with E-state index in [0.29, 0.717) is 28.3 Å². The Morgan fingerprint density at radius 1 is 1.14 bits per heavy atom. The fourth-order valence-corrected chi connectivity index (χ4v) is 3.61. The Morgan fingerprint density at radius 3 is 2.52 bits per heavy atom. The molecule has 29 heavy (non-hydrogen) atoms. The number of aryl methyl sites for hydroxylation is 1. The Bertz CT molecular complexity index is 1240. The van der Waals surface area contributed by atoms with Crippen LogP contribution in [0.1, 0.15) is 31.7 Å². The molecule has 152 valence electrons. The maximum atomic E-state index is 13.1. The summed E-state index contributed by atoms with van der Waals surface area (Å²) in [5.74, 6) is 0.475. The van der Waals surface area contributed by atoms with Gasteiger partial charge in [-0.1, -0.05) is 31.9 Å². The molecule has 7 nitrogen and oxygen atoms in total. The van der Waals surface area contributed by atoms with Crippen molar-refractivity contribution < 1.29 is 13.2 Å². The lowest BCUT2D eigenvalue weighted by Crippen LogP contribution is -2.20. The van der Waals surface area contributed by atoms with Crippen LogP contribution in [0.15, 0.2) is 33.8 Å². The van der Waals surface area contributed by atoms with Gasteiger partial charge in [0.1, 0.15) is 0 Å². The van der Waals surface area contributed by atoms with Gasteiger partial charge in [-0.25, -0.2) is 9.38 Å². The zero-order valence-electron chi connectivity index (χ0n) is 15.3. The van der Waals surface area contributed by atoms with E-state index in [1.807, 2.05) is 0 Å². The highest BCUT2D eigenvalue weighted by atomic mass is 79.9. The number of nitrogens with zero attached hydrogens (tertiary/aromatic N) is 5. The third-order valence-electron chi connectivity index (χ3n) is 4.67. The molecule has 0 unspecified atom stereocenters. The highest BCUT2D eigenvalue weighted by Gasteiger charge is 2.30. The SMILES string of the molecule is CCCCCn1c2nc(Br)[nH]c2c(=O)n2c(-c3ccc(C(F)(F)F)cc3)nnc12. The van der Waals surface area contributed by atoms with Crippen molar-refractivity contribution in [2.24, 2.45) is 0 Å². The Morgan fingerprint density at radius 2 is 1.86 bits per heavy atom. The molecule has 0 spiro atoms. The van der Waals surface area contributed by atoms with Gasteiger partial charge in [0.25, 0.3) is 5.56 Å². The predicted octanol–water partition coefficient (Wildman–Crippen LogP) is 4.41. The van der Waals surface area contributed by atoms with Crippen LogP contribution in [0.4, 0.5) is 13.2 Å². The van der Waals surface area contributed by atoms with E-state index in [0.717, 1.165) is 31.4 Å². The van der Waals surface area contributed by atoms with E-state index in [9.17, 15) is 18.0 Å². The van der Waals surface area contributed by atoms with E-state index in [4.69, 9.17) is 0 Å². The largest absolute Gasteiger partial charge is 0.416 e. The van der Waals surface area contributed by atoms with Crippen molar-refractivity contribution in [2.75, 3.05) is 0 Å². The molecule has 1 N–H and O–H groups in total. The van der Waals surface area contributed by atoms with E-state index >= 15 is 0 Å². The Hall–Kier alpha value is -2.69. The highest BCUT2D eigenvalue weighted by molar-refractivity contribution is 9.10. The van der Waals surface area contributed by atoms with Crippen molar-refractivity contribution in [3.63, 3.8) is 0 Å². The molecule has 0 saturated heterocycles. The van der Waals surface area contributed by atoms with E-state index in [2.05, 4.69) is 43.0 Å². The van der Waals surface area contributed by atoms with Gasteiger partial charge in [0.15, 0.2) is 21.7 Å². The molecule has 0 aliphatic rings. The van der Waals surface area contributed by atoms with Crippen molar-refractivity contribution in [1.29, 1.82) is 0 Å². The molecule has 0 aliphatic carbocycles. The van der Waals surface area contributed by atoms with Gasteiger partial charge in [-0.3, -0.25) is 9.36 Å². The summed E-state index contributed by atoms with van der Waals surface area (Å²) in [5.41, 5.74) is -0.0990. The van der Waals surface area contributed by atoms with Crippen molar-refractivity contribution in [3.05, 3.63) is 44.9 Å². The summed E-state index contributed by atoms with van der Waals surface area (Å²) in [6.07, 6.45) is -1.57. The average molecular weight is 469 g/mol. The number of aromatic amines is 1. The summed E-state index contributed by atoms with van der Waals surface area (Å²) in [6.45, 7) is 2.66. The second-order valence-electron chi connectivity index (χ2n) is 6.62. The summed E-state index contributed by atoms with van der Waals surface area (Å²) >= 11 is 3.25. The van der Waals surface area contributed by atoms with Gasteiger partial charge in [0.2, 0.25) is 5.78 Å². The number of imidazole rings is 1. The van der Waals surface area contributed by atoms with Crippen LogP contribution in [0.25, 0.3) is 28.3 Å². The Labute approximate surface area is 170 Å². The normalized spacial score (nSPS) is 12.3. The smallest absolute Gasteiger partial charge is 0.327 e. The first-order chi connectivity index (χ1) is 13.8. The topological polar surface area (TPSA) is 80.9 Å². The second-order valence-corrected chi connectivity index (χ2v) is 7.38. The van der Waals surface area contributed by atoms with Gasteiger partial charge in [-0.2, -0.15) is 13.2 Å². The van der Waals surface area contributed by atoms with Crippen LogP contribution in [0, 0.1) is 0 Å². The summed E-state index contributed by atoms with van der Waals surface area (Å²) in [4.78, 5) is 20.3. The number of hydrogen-bond acceptors (Lipinski definition) is 4. The van der Waals surface area contributed by atoms with Crippen LogP contribution < -0.4 is 5.56 Å². The molecule has 11 heteroatoms. The second kappa shape index (κ2) is 7.29. The maximum Gasteiger partial charge on any atom is 0.416 e. The average Bonchev–Trinajstić information content (AvgIpc) is 3.28. The maximum absolute atomic E-state index is 13.1. The predicted molar refractivity (Wildman–Crippen MR) is 105 cm³/mol. The Kier molecular flexibility index (Phi) is 4.93. The molecule has 0 saturated carbocycles. The first-order valence-corrected chi connectivity index (χ1v) is 9.81. The van der Waals surface area contributed by atoms with Crippen molar-refractivity contribution >= 4 is 32.9 Å². The van der Waals surface area contributed by atoms with Crippen molar-refractivity contribution in [1.82, 2.24) is 29.1 Å². The zero-order valence-corrected chi connectivity index (χ0v) is 16.9. The molecule has 0 radical (unpaired) electrons. The van der Waals surface area contributed by atoms with Gasteiger partial charge in [-0.05, 0) is 34.5 Å². The van der Waals surface area contributed by atoms with Crippen molar-refractivity contribution in [3.8, 4) is 11.4 Å². The van der Waals surface area contributed by atoms with Gasteiger partial charge in [0.05, 0.1) is 5.56 Å². The molecule has 3 heterocycles. The van der Waals surface area contributed by atoms with E-state index in [1.54, 1.807) is 4.57 Å². The van der Waals surface area contributed by atoms with E-state index < -0.39 is 17.3 Å². The van der Waals surface area contributed by atoms with Crippen LogP contribution in [0.2, 0.25) is 0 Å². The number of benzene rings is 1. The number of alkyl halides is 3. The van der Waals surface area contributed by atoms with Crippen LogP contribution in [0.3, 0.4) is 0 Å². The zero-order chi connectivity index (χ0) is 20.8. The standard InChI is InChI=1S/C18H16BrF3N6O/c1-2-3-4-9-27-14-12(23-16(19)24-14)15(29)28-13(25-26-17(27)28)10-5-7-11(8-6-10)18(20,21)22/h5-8H,2-4,9H2,1H3,(H,23,24). The minimum absolute atomic E-state index is 0.176. The fourth-order valence-electron chi connectivity index (χ4n) is 3.25. The summed E-state index contributed by atoms with van der Waals surface area (Å²) in [7, 11) is 0. The van der Waals surface area contributed by atoms with Gasteiger partial charge in [-0.15, -0.1) is 10.2 Å². The molecule has 4 rings (SSSR count). The number of H-pyrrole nitrogens is 1. The minimum atomic E-state index is -4.44. The number of nitrogens with one attached hydrogen (secondary N) is 1. The fraction of sp³-hybridized carbons (Fsp3) is 0.333. The number of unbranched alkanes of at least 4 members (excludes halogenated alkanes) is 2. The molecule has 0 atom stereocenters. The highest BCUT2D eigenvalue weighted by Crippen LogP contribution is 2.30. The number of halogens is 4. The van der Waals surface area contributed by atoms with Crippen LogP contribution in [-0.4, -0.2) is 29.1 Å². The molecule has 0 aliphatic heterocycles.